The highest BCUT2D eigenvalue weighted by molar-refractivity contribution is 5.91. The van der Waals surface area contributed by atoms with Crippen molar-refractivity contribution in [3.05, 3.63) is 11.6 Å². The van der Waals surface area contributed by atoms with Crippen molar-refractivity contribution in [3.8, 4) is 0 Å². The number of hydrogen-bond donors (Lipinski definition) is 0. The smallest absolute Gasteiger partial charge is 0.155 e. The maximum atomic E-state index is 12.7. The molecule has 0 radical (unpaired) electrons. The normalized spacial score (nSPS) is 45.8. The van der Waals surface area contributed by atoms with Gasteiger partial charge in [0.05, 0.1) is 0 Å². The Labute approximate surface area is 137 Å². The molecule has 6 atom stereocenters. The van der Waals surface area contributed by atoms with Gasteiger partial charge in [-0.25, -0.2) is 0 Å². The molecule has 1 unspecified atom stereocenters. The molecule has 0 heterocycles. The summed E-state index contributed by atoms with van der Waals surface area (Å²) in [6.07, 6.45) is 9.97. The van der Waals surface area contributed by atoms with Gasteiger partial charge in [0.15, 0.2) is 5.78 Å². The molecule has 0 saturated heterocycles. The van der Waals surface area contributed by atoms with Gasteiger partial charge in [0.1, 0.15) is 12.1 Å². The molecule has 0 aromatic rings. The summed E-state index contributed by atoms with van der Waals surface area (Å²) in [7, 11) is 0. The zero-order chi connectivity index (χ0) is 16.2. The van der Waals surface area contributed by atoms with Crippen LogP contribution in [0.25, 0.3) is 0 Å². The third kappa shape index (κ3) is 2.04. The lowest BCUT2D eigenvalue weighted by Crippen LogP contribution is -2.52. The Morgan fingerprint density at radius 2 is 2.00 bits per heavy atom. The predicted octanol–water partition coefficient (Wildman–Crippen LogP) is 3.51. The molecular formula is C20H26O3. The largest absolute Gasteiger partial charge is 0.303 e. The summed E-state index contributed by atoms with van der Waals surface area (Å²) >= 11 is 0. The predicted molar refractivity (Wildman–Crippen MR) is 86.7 cm³/mol. The van der Waals surface area contributed by atoms with Crippen LogP contribution in [0.15, 0.2) is 11.6 Å². The molecule has 0 amide bonds. The van der Waals surface area contributed by atoms with E-state index >= 15 is 0 Å². The van der Waals surface area contributed by atoms with Crippen molar-refractivity contribution >= 4 is 17.9 Å². The summed E-state index contributed by atoms with van der Waals surface area (Å²) in [5.41, 5.74) is 1.07. The molecule has 4 aliphatic rings. The lowest BCUT2D eigenvalue weighted by atomic mass is 9.48. The van der Waals surface area contributed by atoms with Crippen LogP contribution >= 0.6 is 0 Å². The van der Waals surface area contributed by atoms with Crippen LogP contribution in [0.3, 0.4) is 0 Å². The van der Waals surface area contributed by atoms with E-state index in [1.165, 1.54) is 5.57 Å². The fraction of sp³-hybridized carbons (Fsp3) is 0.750. The maximum absolute atomic E-state index is 12.7. The molecule has 124 valence electrons. The van der Waals surface area contributed by atoms with E-state index in [9.17, 15) is 14.4 Å². The quantitative estimate of drug-likeness (QED) is 0.733. The third-order valence-corrected chi connectivity index (χ3v) is 7.61. The number of carbonyl (C=O) groups excluding carboxylic acids is 3. The van der Waals surface area contributed by atoms with Gasteiger partial charge in [-0.2, -0.15) is 0 Å². The average Bonchev–Trinajstić information content (AvgIpc) is 2.90. The Kier molecular flexibility index (Phi) is 3.58. The number of Topliss-reactive ketones (excluding diaryl/α,β-unsaturated/α-hetero) is 1. The number of ketones is 2. The maximum Gasteiger partial charge on any atom is 0.155 e. The van der Waals surface area contributed by atoms with Gasteiger partial charge >= 0.3 is 0 Å². The minimum absolute atomic E-state index is 0.000141. The highest BCUT2D eigenvalue weighted by Gasteiger charge is 2.60. The van der Waals surface area contributed by atoms with Crippen LogP contribution < -0.4 is 0 Å². The number of rotatable bonds is 2. The first-order valence-corrected chi connectivity index (χ1v) is 9.32. The molecule has 4 aliphatic carbocycles. The van der Waals surface area contributed by atoms with E-state index < -0.39 is 0 Å². The van der Waals surface area contributed by atoms with Crippen molar-refractivity contribution in [1.29, 1.82) is 0 Å². The second-order valence-electron chi connectivity index (χ2n) is 8.19. The number of hydrogen-bond acceptors (Lipinski definition) is 3. The van der Waals surface area contributed by atoms with Gasteiger partial charge in [0.25, 0.3) is 0 Å². The van der Waals surface area contributed by atoms with Crippen LogP contribution in [-0.4, -0.2) is 17.9 Å². The zero-order valence-corrected chi connectivity index (χ0v) is 13.9. The Morgan fingerprint density at radius 1 is 1.17 bits per heavy atom. The zero-order valence-electron chi connectivity index (χ0n) is 13.9. The van der Waals surface area contributed by atoms with E-state index in [-0.39, 0.29) is 17.1 Å². The monoisotopic (exact) mass is 314 g/mol. The Bertz CT molecular complexity index is 590. The summed E-state index contributed by atoms with van der Waals surface area (Å²) in [4.78, 5) is 36.3. The average molecular weight is 314 g/mol. The first-order valence-electron chi connectivity index (χ1n) is 9.32. The molecule has 0 spiro atoms. The highest BCUT2D eigenvalue weighted by Crippen LogP contribution is 2.63. The SMILES string of the molecule is CCC12C[C@H](C=O)[C@H]3[C@@H](CCC4=CC(=O)CC[C@@H]43)[C@@H]1CCC2=O. The van der Waals surface area contributed by atoms with E-state index in [1.807, 2.05) is 6.08 Å². The van der Waals surface area contributed by atoms with Crippen LogP contribution in [0.4, 0.5) is 0 Å². The first-order chi connectivity index (χ1) is 11.1. The number of fused-ring (bicyclic) bond motifs is 5. The molecule has 0 bridgehead atoms. The van der Waals surface area contributed by atoms with Crippen molar-refractivity contribution in [3.63, 3.8) is 0 Å². The second-order valence-corrected chi connectivity index (χ2v) is 8.19. The Hall–Kier alpha value is -1.25. The number of aldehydes is 1. The molecule has 3 heteroatoms. The molecule has 4 rings (SSSR count). The molecule has 0 N–H and O–H groups in total. The van der Waals surface area contributed by atoms with Crippen molar-refractivity contribution in [2.45, 2.75) is 58.3 Å². The van der Waals surface area contributed by atoms with E-state index in [0.717, 1.165) is 44.8 Å². The van der Waals surface area contributed by atoms with Gasteiger partial charge in [-0.3, -0.25) is 9.59 Å². The Morgan fingerprint density at radius 3 is 2.74 bits per heavy atom. The minimum atomic E-state index is -0.224. The summed E-state index contributed by atoms with van der Waals surface area (Å²) in [6.45, 7) is 2.13. The van der Waals surface area contributed by atoms with Crippen molar-refractivity contribution < 1.29 is 14.4 Å². The van der Waals surface area contributed by atoms with E-state index in [4.69, 9.17) is 0 Å². The molecule has 0 aliphatic heterocycles. The summed E-state index contributed by atoms with van der Waals surface area (Å²) < 4.78 is 0. The first kappa shape index (κ1) is 15.3. The minimum Gasteiger partial charge on any atom is -0.303 e. The summed E-state index contributed by atoms with van der Waals surface area (Å²) in [6, 6.07) is 0. The molecule has 0 aromatic carbocycles. The van der Waals surface area contributed by atoms with Crippen molar-refractivity contribution in [2.24, 2.45) is 35.0 Å². The highest BCUT2D eigenvalue weighted by atomic mass is 16.1. The lowest BCUT2D eigenvalue weighted by molar-refractivity contribution is -0.139. The van der Waals surface area contributed by atoms with E-state index in [1.54, 1.807) is 0 Å². The van der Waals surface area contributed by atoms with Crippen molar-refractivity contribution in [1.82, 2.24) is 0 Å². The van der Waals surface area contributed by atoms with Gasteiger partial charge in [0, 0.05) is 24.2 Å². The van der Waals surface area contributed by atoms with Crippen LogP contribution in [-0.2, 0) is 14.4 Å². The fourth-order valence-electron chi connectivity index (χ4n) is 6.68. The molecule has 3 saturated carbocycles. The fourth-order valence-corrected chi connectivity index (χ4v) is 6.68. The third-order valence-electron chi connectivity index (χ3n) is 7.61. The molecule has 3 nitrogen and oxygen atoms in total. The number of allylic oxidation sites excluding steroid dienone is 1. The van der Waals surface area contributed by atoms with Gasteiger partial charge in [-0.1, -0.05) is 12.5 Å². The molecule has 23 heavy (non-hydrogen) atoms. The van der Waals surface area contributed by atoms with Gasteiger partial charge in [-0.15, -0.1) is 0 Å². The summed E-state index contributed by atoms with van der Waals surface area (Å²) in [5.74, 6) is 2.42. The second kappa shape index (κ2) is 5.39. The van der Waals surface area contributed by atoms with Gasteiger partial charge in [-0.05, 0) is 68.3 Å². The topological polar surface area (TPSA) is 51.2 Å². The lowest BCUT2D eigenvalue weighted by Gasteiger charge is -2.55. The molecular weight excluding hydrogens is 288 g/mol. The molecule has 3 fully saturated rings. The van der Waals surface area contributed by atoms with Gasteiger partial charge in [0.2, 0.25) is 0 Å². The number of carbonyl (C=O) groups is 3. The van der Waals surface area contributed by atoms with Crippen molar-refractivity contribution in [2.75, 3.05) is 0 Å². The van der Waals surface area contributed by atoms with Gasteiger partial charge < -0.3 is 4.79 Å². The van der Waals surface area contributed by atoms with Crippen LogP contribution in [0.5, 0.6) is 0 Å². The van der Waals surface area contributed by atoms with Crippen LogP contribution in [0.2, 0.25) is 0 Å². The van der Waals surface area contributed by atoms with E-state index in [0.29, 0.717) is 42.3 Å². The summed E-state index contributed by atoms with van der Waals surface area (Å²) in [5, 5.41) is 0. The van der Waals surface area contributed by atoms with Crippen LogP contribution in [0, 0.1) is 35.0 Å². The standard InChI is InChI=1S/C20H26O3/c1-2-20-10-13(11-21)19-15-6-4-14(22)9-12(15)3-5-16(19)17(20)7-8-18(20)23/h9,11,13,15-17,19H,2-8,10H2,1H3/t13-,15+,16+,17+,19-,20?/m1/s1. The Balaban J connectivity index is 1.74. The van der Waals surface area contributed by atoms with Crippen LogP contribution in [0.1, 0.15) is 58.3 Å². The van der Waals surface area contributed by atoms with E-state index in [2.05, 4.69) is 6.92 Å². The molecule has 0 aromatic heterocycles.